The summed E-state index contributed by atoms with van der Waals surface area (Å²) in [5.41, 5.74) is -1.10. The molecule has 4 nitrogen and oxygen atoms in total. The minimum atomic E-state index is -1.62. The Labute approximate surface area is 121 Å². The fourth-order valence-electron chi connectivity index (χ4n) is 2.03. The third-order valence-corrected chi connectivity index (χ3v) is 3.48. The van der Waals surface area contributed by atoms with Crippen LogP contribution in [0, 0.1) is 24.5 Å². The fraction of sp³-hybridized carbons (Fsp3) is 0.0769. The first-order valence-corrected chi connectivity index (χ1v) is 6.18. The van der Waals surface area contributed by atoms with Gasteiger partial charge in [-0.05, 0) is 24.6 Å². The van der Waals surface area contributed by atoms with E-state index in [1.165, 1.54) is 12.3 Å². The summed E-state index contributed by atoms with van der Waals surface area (Å²) in [6.45, 7) is 1.60. The van der Waals surface area contributed by atoms with Crippen molar-refractivity contribution in [3.63, 3.8) is 0 Å². The van der Waals surface area contributed by atoms with Gasteiger partial charge in [-0.25, -0.2) is 13.9 Å². The number of benzene rings is 1. The smallest absolute Gasteiger partial charge is 0.265 e. The number of hydrogen-bond acceptors (Lipinski definition) is 2. The molecule has 2 aromatic heterocycles. The third-order valence-electron chi connectivity index (χ3n) is 3.07. The maximum atomic E-state index is 14.1. The van der Waals surface area contributed by atoms with Crippen molar-refractivity contribution < 1.29 is 13.2 Å². The largest absolute Gasteiger partial charge is 0.298 e. The first-order valence-electron chi connectivity index (χ1n) is 5.81. The highest BCUT2D eigenvalue weighted by Gasteiger charge is 2.21. The summed E-state index contributed by atoms with van der Waals surface area (Å²) in [6, 6.07) is 2.27. The number of fused-ring (bicyclic) bond motifs is 1. The summed E-state index contributed by atoms with van der Waals surface area (Å²) in [5.74, 6) is -4.08. The van der Waals surface area contributed by atoms with Crippen LogP contribution in [0.2, 0.25) is 5.02 Å². The molecule has 108 valence electrons. The number of halogens is 4. The fourth-order valence-corrected chi connectivity index (χ4v) is 2.18. The Balaban J connectivity index is 2.49. The summed E-state index contributed by atoms with van der Waals surface area (Å²) >= 11 is 5.78. The third kappa shape index (κ3) is 1.92. The summed E-state index contributed by atoms with van der Waals surface area (Å²) in [5, 5.41) is 0.159. The molecule has 0 spiro atoms. The van der Waals surface area contributed by atoms with Gasteiger partial charge in [0.05, 0.1) is 5.69 Å². The molecule has 3 aromatic rings. The Morgan fingerprint density at radius 1 is 1.24 bits per heavy atom. The average Bonchev–Trinajstić information content (AvgIpc) is 2.91. The Morgan fingerprint density at radius 2 is 1.95 bits per heavy atom. The van der Waals surface area contributed by atoms with Gasteiger partial charge in [0.15, 0.2) is 0 Å². The van der Waals surface area contributed by atoms with Gasteiger partial charge in [0.2, 0.25) is 17.5 Å². The van der Waals surface area contributed by atoms with Gasteiger partial charge in [0.1, 0.15) is 5.82 Å². The zero-order chi connectivity index (χ0) is 15.3. The molecule has 0 atom stereocenters. The topological polar surface area (TPSA) is 39.3 Å². The van der Waals surface area contributed by atoms with Crippen molar-refractivity contribution in [2.45, 2.75) is 6.92 Å². The van der Waals surface area contributed by atoms with E-state index in [0.717, 1.165) is 16.7 Å². The molecule has 0 fully saturated rings. The highest BCUT2D eigenvalue weighted by molar-refractivity contribution is 6.31. The van der Waals surface area contributed by atoms with Crippen molar-refractivity contribution in [3.8, 4) is 5.69 Å². The minimum Gasteiger partial charge on any atom is -0.265 e. The molecule has 8 heteroatoms. The molecule has 0 aliphatic carbocycles. The molecule has 0 bridgehead atoms. The maximum absolute atomic E-state index is 14.1. The van der Waals surface area contributed by atoms with Crippen molar-refractivity contribution in [2.24, 2.45) is 0 Å². The van der Waals surface area contributed by atoms with E-state index >= 15 is 0 Å². The van der Waals surface area contributed by atoms with E-state index < -0.39 is 23.1 Å². The van der Waals surface area contributed by atoms with Crippen LogP contribution in [-0.2, 0) is 0 Å². The lowest BCUT2D eigenvalue weighted by Gasteiger charge is -2.11. The molecule has 21 heavy (non-hydrogen) atoms. The first-order chi connectivity index (χ1) is 9.91. The number of aromatic nitrogens is 3. The van der Waals surface area contributed by atoms with E-state index in [-0.39, 0.29) is 16.5 Å². The van der Waals surface area contributed by atoms with Crippen molar-refractivity contribution in [3.05, 3.63) is 63.0 Å². The van der Waals surface area contributed by atoms with Crippen LogP contribution in [0.25, 0.3) is 11.5 Å². The van der Waals surface area contributed by atoms with Crippen molar-refractivity contribution in [1.82, 2.24) is 14.0 Å². The molecule has 1 aromatic carbocycles. The molecular weight excluding hydrogens is 307 g/mol. The zero-order valence-electron chi connectivity index (χ0n) is 10.6. The summed E-state index contributed by atoms with van der Waals surface area (Å²) < 4.78 is 42.8. The molecular formula is C13H7ClF3N3O. The Hall–Kier alpha value is -2.28. The predicted octanol–water partition coefficient (Wildman–Crippen LogP) is 2.86. The summed E-state index contributed by atoms with van der Waals surface area (Å²) in [6.07, 6.45) is 2.30. The van der Waals surface area contributed by atoms with Gasteiger partial charge in [-0.3, -0.25) is 9.20 Å². The van der Waals surface area contributed by atoms with Gasteiger partial charge in [-0.2, -0.15) is 8.78 Å². The summed E-state index contributed by atoms with van der Waals surface area (Å²) in [4.78, 5) is 15.7. The van der Waals surface area contributed by atoms with E-state index in [0.29, 0.717) is 10.1 Å². The molecule has 3 rings (SSSR count). The van der Waals surface area contributed by atoms with Crippen molar-refractivity contribution in [1.29, 1.82) is 0 Å². The second-order valence-electron chi connectivity index (χ2n) is 4.40. The van der Waals surface area contributed by atoms with Crippen LogP contribution in [0.3, 0.4) is 0 Å². The number of hydrogen-bond donors (Lipinski definition) is 0. The van der Waals surface area contributed by atoms with Crippen LogP contribution in [0.1, 0.15) is 5.56 Å². The lowest BCUT2D eigenvalue weighted by atomic mass is 10.2. The van der Waals surface area contributed by atoms with Crippen LogP contribution in [0.5, 0.6) is 0 Å². The number of imidazole rings is 1. The van der Waals surface area contributed by atoms with Crippen molar-refractivity contribution >= 4 is 17.4 Å². The molecule has 0 radical (unpaired) electrons. The number of rotatable bonds is 1. The molecule has 0 amide bonds. The zero-order valence-corrected chi connectivity index (χ0v) is 11.3. The number of aryl methyl sites for hydroxylation is 1. The molecule has 0 unspecified atom stereocenters. The van der Waals surface area contributed by atoms with E-state index in [1.807, 2.05) is 0 Å². The van der Waals surface area contributed by atoms with Crippen LogP contribution in [-0.4, -0.2) is 14.0 Å². The van der Waals surface area contributed by atoms with Gasteiger partial charge in [-0.15, -0.1) is 0 Å². The second-order valence-corrected chi connectivity index (χ2v) is 4.80. The quantitative estimate of drug-likeness (QED) is 0.648. The highest BCUT2D eigenvalue weighted by Crippen LogP contribution is 2.23. The standard InChI is InChI=1S/C13H7ClF3N3O/c1-6-4-9(8(15)5-7(6)14)20-12(21)10(16)11(17)19-3-2-18-13(19)20/h2-5H,1H3. The minimum absolute atomic E-state index is 0.159. The van der Waals surface area contributed by atoms with Gasteiger partial charge in [-0.1, -0.05) is 11.6 Å². The van der Waals surface area contributed by atoms with Gasteiger partial charge >= 0.3 is 0 Å². The Kier molecular flexibility index (Phi) is 3.02. The van der Waals surface area contributed by atoms with Crippen LogP contribution >= 0.6 is 11.6 Å². The second kappa shape index (κ2) is 4.63. The number of nitrogens with zero attached hydrogens (tertiary/aromatic N) is 3. The van der Waals surface area contributed by atoms with Crippen molar-refractivity contribution in [2.75, 3.05) is 0 Å². The Bertz CT molecular complexity index is 933. The molecule has 0 N–H and O–H groups in total. The molecule has 2 heterocycles. The van der Waals surface area contributed by atoms with Gasteiger partial charge < -0.3 is 0 Å². The first kappa shape index (κ1) is 13.7. The lowest BCUT2D eigenvalue weighted by Crippen LogP contribution is -2.27. The van der Waals surface area contributed by atoms with Gasteiger partial charge in [0.25, 0.3) is 5.56 Å². The average molecular weight is 314 g/mol. The van der Waals surface area contributed by atoms with Crippen LogP contribution < -0.4 is 5.56 Å². The predicted molar refractivity (Wildman–Crippen MR) is 70.4 cm³/mol. The molecule has 0 saturated carbocycles. The van der Waals surface area contributed by atoms with E-state index in [9.17, 15) is 18.0 Å². The van der Waals surface area contributed by atoms with E-state index in [1.54, 1.807) is 6.92 Å². The maximum Gasteiger partial charge on any atom is 0.298 e. The lowest BCUT2D eigenvalue weighted by molar-refractivity contribution is 0.450. The Morgan fingerprint density at radius 3 is 2.67 bits per heavy atom. The van der Waals surface area contributed by atoms with Crippen LogP contribution in [0.4, 0.5) is 13.2 Å². The van der Waals surface area contributed by atoms with E-state index in [2.05, 4.69) is 4.98 Å². The monoisotopic (exact) mass is 313 g/mol. The molecule has 0 aliphatic heterocycles. The highest BCUT2D eigenvalue weighted by atomic mass is 35.5. The molecule has 0 aliphatic rings. The normalized spacial score (nSPS) is 11.3. The van der Waals surface area contributed by atoms with E-state index in [4.69, 9.17) is 11.6 Å². The van der Waals surface area contributed by atoms with Crippen LogP contribution in [0.15, 0.2) is 29.3 Å². The summed E-state index contributed by atoms with van der Waals surface area (Å²) in [7, 11) is 0. The SMILES string of the molecule is Cc1cc(-n2c(=O)c(F)c(F)n3ccnc23)c(F)cc1Cl. The van der Waals surface area contributed by atoms with Gasteiger partial charge in [0, 0.05) is 17.4 Å². The molecule has 0 saturated heterocycles.